The van der Waals surface area contributed by atoms with E-state index in [1.807, 2.05) is 49.4 Å². The predicted octanol–water partition coefficient (Wildman–Crippen LogP) is 5.65. The number of rotatable bonds is 9. The van der Waals surface area contributed by atoms with E-state index in [1.165, 1.54) is 6.33 Å². The van der Waals surface area contributed by atoms with Crippen molar-refractivity contribution >= 4 is 33.5 Å². The molecule has 2 saturated carbocycles. The first-order valence-electron chi connectivity index (χ1n) is 13.4. The summed E-state index contributed by atoms with van der Waals surface area (Å²) in [6.45, 7) is 2.44. The van der Waals surface area contributed by atoms with E-state index in [-0.39, 0.29) is 12.1 Å². The molecule has 200 valence electrons. The smallest absolute Gasteiger partial charge is 0.411 e. The number of ether oxygens (including phenoxy) is 1. The fourth-order valence-corrected chi connectivity index (χ4v) is 6.24. The lowest BCUT2D eigenvalue weighted by atomic mass is 9.92. The average Bonchev–Trinajstić information content (AvgIpc) is 3.55. The molecule has 2 unspecified atom stereocenters. The Balaban J connectivity index is 1.30. The third-order valence-corrected chi connectivity index (χ3v) is 9.08. The Morgan fingerprint density at radius 1 is 1.21 bits per heavy atom. The van der Waals surface area contributed by atoms with Crippen LogP contribution in [0.15, 0.2) is 60.0 Å². The minimum atomic E-state index is -1.22. The van der Waals surface area contributed by atoms with Crippen molar-refractivity contribution in [2.24, 2.45) is 5.92 Å². The lowest BCUT2D eigenvalue weighted by Crippen LogP contribution is -2.21. The second-order valence-corrected chi connectivity index (χ2v) is 11.9. The Morgan fingerprint density at radius 3 is 2.64 bits per heavy atom. The van der Waals surface area contributed by atoms with Crippen molar-refractivity contribution in [3.05, 3.63) is 60.7 Å². The number of aryl methyl sites for hydroxylation is 1. The van der Waals surface area contributed by atoms with Gasteiger partial charge >= 0.3 is 6.09 Å². The maximum absolute atomic E-state index is 13.1. The zero-order valence-corrected chi connectivity index (χ0v) is 22.6. The fraction of sp³-hybridized carbons (Fsp3) is 0.379. The highest BCUT2D eigenvalue weighted by Gasteiger charge is 2.31. The van der Waals surface area contributed by atoms with Crippen LogP contribution in [0.1, 0.15) is 50.6 Å². The summed E-state index contributed by atoms with van der Waals surface area (Å²) in [6, 6.07) is 16.0. The molecular formula is C29H30N6O3S. The molecule has 2 aliphatic rings. The largest absolute Gasteiger partial charge is 0.446 e. The molecule has 2 aromatic heterocycles. The summed E-state index contributed by atoms with van der Waals surface area (Å²) < 4.78 is 22.5. The molecular weight excluding hydrogens is 512 g/mol. The molecule has 2 heterocycles. The number of anilines is 1. The van der Waals surface area contributed by atoms with E-state index in [0.29, 0.717) is 29.5 Å². The van der Waals surface area contributed by atoms with E-state index in [1.54, 1.807) is 11.0 Å². The highest BCUT2D eigenvalue weighted by atomic mass is 32.2. The van der Waals surface area contributed by atoms with Gasteiger partial charge in [-0.3, -0.25) is 14.2 Å². The van der Waals surface area contributed by atoms with Crippen molar-refractivity contribution in [3.63, 3.8) is 0 Å². The van der Waals surface area contributed by atoms with Gasteiger partial charge in [0.15, 0.2) is 0 Å². The first-order valence-corrected chi connectivity index (χ1v) is 14.7. The molecule has 9 nitrogen and oxygen atoms in total. The van der Waals surface area contributed by atoms with Gasteiger partial charge < -0.3 is 9.30 Å². The number of aromatic nitrogens is 4. The van der Waals surface area contributed by atoms with Crippen molar-refractivity contribution in [2.45, 2.75) is 62.6 Å². The van der Waals surface area contributed by atoms with Gasteiger partial charge in [-0.25, -0.2) is 9.78 Å². The number of hydrogen-bond acceptors (Lipinski definition) is 6. The van der Waals surface area contributed by atoms with Crippen LogP contribution >= 0.6 is 0 Å². The van der Waals surface area contributed by atoms with Crippen LogP contribution in [0.3, 0.4) is 0 Å². The molecule has 1 N–H and O–H groups in total. The minimum Gasteiger partial charge on any atom is -0.446 e. The van der Waals surface area contributed by atoms with Gasteiger partial charge in [-0.15, -0.1) is 0 Å². The summed E-state index contributed by atoms with van der Waals surface area (Å²) in [5.41, 5.74) is 3.93. The van der Waals surface area contributed by atoms with Gasteiger partial charge in [-0.05, 0) is 74.8 Å². The predicted molar refractivity (Wildman–Crippen MR) is 149 cm³/mol. The monoisotopic (exact) mass is 542 g/mol. The van der Waals surface area contributed by atoms with Gasteiger partial charge in [0.05, 0.1) is 34.1 Å². The van der Waals surface area contributed by atoms with Crippen molar-refractivity contribution in [3.8, 4) is 17.3 Å². The summed E-state index contributed by atoms with van der Waals surface area (Å²) in [4.78, 5) is 17.0. The number of benzene rings is 2. The third kappa shape index (κ3) is 5.19. The number of carbonyl (C=O) groups excluding carboxylic acids is 1. The van der Waals surface area contributed by atoms with E-state index >= 15 is 0 Å². The normalized spacial score (nSPS) is 16.8. The Morgan fingerprint density at radius 2 is 2.00 bits per heavy atom. The standard InChI is InChI=1S/C29H30N6O3S/c1-19(20-5-6-20)38-29(36)33-22-9-7-21(8-10-22)28-26(16-30)25-12-11-24(15-27(25)35(28)23-3-2-4-23)39(37)14-13-34-18-31-17-32-34/h7-12,15,17-20,23H,2-6,13-14H2,1H3,(H,33,36). The van der Waals surface area contributed by atoms with Crippen LogP contribution in [0.5, 0.6) is 0 Å². The number of carbonyl (C=O) groups is 1. The number of fused-ring (bicyclic) bond motifs is 1. The molecule has 6 rings (SSSR count). The zero-order chi connectivity index (χ0) is 26.9. The van der Waals surface area contributed by atoms with E-state index in [9.17, 15) is 14.3 Å². The van der Waals surface area contributed by atoms with Crippen LogP contribution in [-0.2, 0) is 22.1 Å². The summed E-state index contributed by atoms with van der Waals surface area (Å²) in [7, 11) is -1.22. The Kier molecular flexibility index (Phi) is 6.92. The van der Waals surface area contributed by atoms with Crippen LogP contribution in [0.4, 0.5) is 10.5 Å². The SMILES string of the molecule is CC(OC(=O)Nc1ccc(-c2c(C#N)c3ccc(S(=O)CCn4cncn4)cc3n2C2CCC2)cc1)C1CC1. The lowest BCUT2D eigenvalue weighted by Gasteiger charge is -2.30. The summed E-state index contributed by atoms with van der Waals surface area (Å²) in [6.07, 6.45) is 7.98. The zero-order valence-electron chi connectivity index (χ0n) is 21.7. The van der Waals surface area contributed by atoms with Crippen molar-refractivity contribution in [1.29, 1.82) is 5.26 Å². The van der Waals surface area contributed by atoms with Crippen molar-refractivity contribution < 1.29 is 13.7 Å². The molecule has 2 atom stereocenters. The molecule has 2 fully saturated rings. The first-order chi connectivity index (χ1) is 19.0. The highest BCUT2D eigenvalue weighted by molar-refractivity contribution is 7.85. The second-order valence-electron chi connectivity index (χ2n) is 10.3. The molecule has 0 bridgehead atoms. The minimum absolute atomic E-state index is 0.0811. The number of nitrogens with one attached hydrogen (secondary N) is 1. The number of nitriles is 1. The molecule has 4 aromatic rings. The summed E-state index contributed by atoms with van der Waals surface area (Å²) in [5, 5.41) is 18.0. The maximum Gasteiger partial charge on any atom is 0.411 e. The Bertz CT molecular complexity index is 1560. The van der Waals surface area contributed by atoms with Gasteiger partial charge in [0.25, 0.3) is 0 Å². The lowest BCUT2D eigenvalue weighted by molar-refractivity contribution is 0.108. The van der Waals surface area contributed by atoms with Crippen LogP contribution < -0.4 is 5.32 Å². The molecule has 2 aromatic carbocycles. The maximum atomic E-state index is 13.1. The fourth-order valence-electron chi connectivity index (χ4n) is 5.18. The summed E-state index contributed by atoms with van der Waals surface area (Å²) in [5.74, 6) is 0.899. The quantitative estimate of drug-likeness (QED) is 0.292. The van der Waals surface area contributed by atoms with E-state index in [2.05, 4.69) is 26.0 Å². The Labute approximate surface area is 229 Å². The first kappa shape index (κ1) is 25.3. The van der Waals surface area contributed by atoms with Crippen molar-refractivity contribution in [2.75, 3.05) is 11.1 Å². The topological polar surface area (TPSA) is 115 Å². The highest BCUT2D eigenvalue weighted by Crippen LogP contribution is 2.43. The Hall–Kier alpha value is -3.97. The third-order valence-electron chi connectivity index (χ3n) is 7.75. The molecule has 0 saturated heterocycles. The molecule has 0 spiro atoms. The van der Waals surface area contributed by atoms with Gasteiger partial charge in [0.2, 0.25) is 0 Å². The summed E-state index contributed by atoms with van der Waals surface area (Å²) >= 11 is 0. The second kappa shape index (κ2) is 10.7. The van der Waals surface area contributed by atoms with E-state index in [4.69, 9.17) is 4.74 Å². The number of hydrogen-bond donors (Lipinski definition) is 1. The molecule has 1 amide bonds. The van der Waals surface area contributed by atoms with Crippen LogP contribution in [0.2, 0.25) is 0 Å². The van der Waals surface area contributed by atoms with E-state index < -0.39 is 16.9 Å². The van der Waals surface area contributed by atoms with Crippen LogP contribution in [0, 0.1) is 17.2 Å². The average molecular weight is 543 g/mol. The number of amides is 1. The van der Waals surface area contributed by atoms with Gasteiger partial charge in [-0.1, -0.05) is 18.2 Å². The number of nitrogens with zero attached hydrogens (tertiary/aromatic N) is 5. The molecule has 2 aliphatic carbocycles. The molecule has 39 heavy (non-hydrogen) atoms. The molecule has 0 radical (unpaired) electrons. The van der Waals surface area contributed by atoms with Gasteiger partial charge in [0.1, 0.15) is 24.8 Å². The van der Waals surface area contributed by atoms with Crippen LogP contribution in [-0.4, -0.2) is 41.5 Å². The van der Waals surface area contributed by atoms with E-state index in [0.717, 1.165) is 59.2 Å². The molecule has 0 aliphatic heterocycles. The van der Waals surface area contributed by atoms with Crippen LogP contribution in [0.25, 0.3) is 22.2 Å². The van der Waals surface area contributed by atoms with Crippen molar-refractivity contribution in [1.82, 2.24) is 19.3 Å². The van der Waals surface area contributed by atoms with Gasteiger partial charge in [0, 0.05) is 27.8 Å². The van der Waals surface area contributed by atoms with Gasteiger partial charge in [-0.2, -0.15) is 10.4 Å². The molecule has 10 heteroatoms.